The highest BCUT2D eigenvalue weighted by atomic mass is 32.2. The minimum Gasteiger partial charge on any atom is -0.468 e. The third kappa shape index (κ3) is 2.85. The Balaban J connectivity index is 2.61. The predicted octanol–water partition coefficient (Wildman–Crippen LogP) is 1.16. The maximum atomic E-state index is 11.2. The molecule has 0 bridgehead atoms. The van der Waals surface area contributed by atoms with Gasteiger partial charge < -0.3 is 10.5 Å². The Bertz CT molecular complexity index is 316. The van der Waals surface area contributed by atoms with Crippen LogP contribution in [0.15, 0.2) is 4.34 Å². The number of ether oxygens (including phenoxy) is 1. The molecule has 0 aliphatic carbocycles. The topological polar surface area (TPSA) is 78.1 Å². The summed E-state index contributed by atoms with van der Waals surface area (Å²) >= 11 is 2.60. The van der Waals surface area contributed by atoms with Crippen molar-refractivity contribution < 1.29 is 9.53 Å². The van der Waals surface area contributed by atoms with Gasteiger partial charge in [0, 0.05) is 0 Å². The minimum atomic E-state index is -0.244. The second-order valence-electron chi connectivity index (χ2n) is 2.44. The summed E-state index contributed by atoms with van der Waals surface area (Å²) in [5, 5.41) is 7.66. The summed E-state index contributed by atoms with van der Waals surface area (Å²) in [6.45, 7) is 1.92. The average Bonchev–Trinajstić information content (AvgIpc) is 2.59. The SMILES string of the molecule is CCC(Sc1nnc(N)s1)C(=O)OC. The lowest BCUT2D eigenvalue weighted by molar-refractivity contribution is -0.140. The third-order valence-corrected chi connectivity index (χ3v) is 3.68. The van der Waals surface area contributed by atoms with Crippen molar-refractivity contribution in [3.8, 4) is 0 Å². The fourth-order valence-electron chi connectivity index (χ4n) is 0.819. The molecule has 0 saturated carbocycles. The highest BCUT2D eigenvalue weighted by molar-refractivity contribution is 8.02. The number of anilines is 1. The number of esters is 1. The molecule has 7 heteroatoms. The van der Waals surface area contributed by atoms with Crippen molar-refractivity contribution in [3.63, 3.8) is 0 Å². The van der Waals surface area contributed by atoms with Gasteiger partial charge in [-0.1, -0.05) is 30.0 Å². The normalized spacial score (nSPS) is 12.4. The first-order valence-corrected chi connectivity index (χ1v) is 5.70. The molecule has 0 aliphatic rings. The number of carbonyl (C=O) groups is 1. The number of nitrogen functional groups attached to an aromatic ring is 1. The van der Waals surface area contributed by atoms with Gasteiger partial charge in [-0.2, -0.15) is 0 Å². The standard InChI is InChI=1S/C7H11N3O2S2/c1-3-4(5(11)12-2)13-7-10-9-6(8)14-7/h4H,3H2,1-2H3,(H2,8,9). The van der Waals surface area contributed by atoms with Crippen LogP contribution in [0.1, 0.15) is 13.3 Å². The second-order valence-corrected chi connectivity index (χ2v) is 4.90. The van der Waals surface area contributed by atoms with Gasteiger partial charge >= 0.3 is 5.97 Å². The van der Waals surface area contributed by atoms with Crippen LogP contribution in [0.5, 0.6) is 0 Å². The Morgan fingerprint density at radius 3 is 2.86 bits per heavy atom. The molecule has 78 valence electrons. The molecular weight excluding hydrogens is 222 g/mol. The van der Waals surface area contributed by atoms with Crippen molar-refractivity contribution in [2.75, 3.05) is 12.8 Å². The largest absolute Gasteiger partial charge is 0.468 e. The van der Waals surface area contributed by atoms with Crippen LogP contribution in [0.25, 0.3) is 0 Å². The number of methoxy groups -OCH3 is 1. The van der Waals surface area contributed by atoms with E-state index < -0.39 is 0 Å². The van der Waals surface area contributed by atoms with E-state index in [1.165, 1.54) is 30.2 Å². The Morgan fingerprint density at radius 2 is 2.43 bits per heavy atom. The van der Waals surface area contributed by atoms with Gasteiger partial charge in [0.25, 0.3) is 0 Å². The van der Waals surface area contributed by atoms with Crippen LogP contribution in [0.3, 0.4) is 0 Å². The van der Waals surface area contributed by atoms with E-state index in [0.29, 0.717) is 15.9 Å². The van der Waals surface area contributed by atoms with Crippen molar-refractivity contribution in [3.05, 3.63) is 0 Å². The fourth-order valence-corrected chi connectivity index (χ4v) is 2.65. The Morgan fingerprint density at radius 1 is 1.71 bits per heavy atom. The average molecular weight is 233 g/mol. The predicted molar refractivity (Wildman–Crippen MR) is 56.3 cm³/mol. The van der Waals surface area contributed by atoms with Gasteiger partial charge in [0.2, 0.25) is 5.13 Å². The number of nitrogens with two attached hydrogens (primary N) is 1. The molecule has 1 atom stereocenters. The summed E-state index contributed by atoms with van der Waals surface area (Å²) in [5.41, 5.74) is 5.42. The van der Waals surface area contributed by atoms with Gasteiger partial charge in [0.1, 0.15) is 5.25 Å². The van der Waals surface area contributed by atoms with Crippen molar-refractivity contribution in [2.45, 2.75) is 22.9 Å². The van der Waals surface area contributed by atoms with Crippen LogP contribution in [-0.2, 0) is 9.53 Å². The van der Waals surface area contributed by atoms with E-state index in [0.717, 1.165) is 0 Å². The van der Waals surface area contributed by atoms with Gasteiger partial charge in [-0.3, -0.25) is 4.79 Å². The summed E-state index contributed by atoms with van der Waals surface area (Å²) in [5.74, 6) is -0.244. The Hall–Kier alpha value is -0.820. The quantitative estimate of drug-likeness (QED) is 0.621. The molecule has 2 N–H and O–H groups in total. The second kappa shape index (κ2) is 5.16. The smallest absolute Gasteiger partial charge is 0.319 e. The number of aromatic nitrogens is 2. The highest BCUT2D eigenvalue weighted by Crippen LogP contribution is 2.29. The molecule has 0 aromatic carbocycles. The van der Waals surface area contributed by atoms with Crippen LogP contribution in [0, 0.1) is 0 Å². The summed E-state index contributed by atoms with van der Waals surface area (Å²) in [6, 6.07) is 0. The van der Waals surface area contributed by atoms with Crippen molar-refractivity contribution >= 4 is 34.2 Å². The number of carbonyl (C=O) groups excluding carboxylic acids is 1. The molecule has 1 rings (SSSR count). The number of hydrogen-bond acceptors (Lipinski definition) is 7. The lowest BCUT2D eigenvalue weighted by atomic mass is 10.3. The van der Waals surface area contributed by atoms with E-state index in [4.69, 9.17) is 5.73 Å². The van der Waals surface area contributed by atoms with Crippen molar-refractivity contribution in [2.24, 2.45) is 0 Å². The first-order valence-electron chi connectivity index (χ1n) is 4.00. The van der Waals surface area contributed by atoms with Crippen LogP contribution >= 0.6 is 23.1 Å². The third-order valence-electron chi connectivity index (χ3n) is 1.50. The molecule has 1 aromatic rings. The van der Waals surface area contributed by atoms with Crippen LogP contribution in [0.2, 0.25) is 0 Å². The molecule has 0 aliphatic heterocycles. The Labute approximate surface area is 90.0 Å². The van der Waals surface area contributed by atoms with E-state index >= 15 is 0 Å². The van der Waals surface area contributed by atoms with E-state index in [1.807, 2.05) is 6.92 Å². The van der Waals surface area contributed by atoms with Gasteiger partial charge in [-0.25, -0.2) is 0 Å². The maximum absolute atomic E-state index is 11.2. The summed E-state index contributed by atoms with van der Waals surface area (Å²) in [4.78, 5) is 11.2. The summed E-state index contributed by atoms with van der Waals surface area (Å²) in [7, 11) is 1.38. The van der Waals surface area contributed by atoms with E-state index in [-0.39, 0.29) is 11.2 Å². The number of hydrogen-bond donors (Lipinski definition) is 1. The van der Waals surface area contributed by atoms with Gasteiger partial charge in [-0.05, 0) is 6.42 Å². The number of rotatable bonds is 4. The minimum absolute atomic E-state index is 0.229. The molecule has 14 heavy (non-hydrogen) atoms. The van der Waals surface area contributed by atoms with Crippen molar-refractivity contribution in [1.29, 1.82) is 0 Å². The molecule has 5 nitrogen and oxygen atoms in total. The zero-order valence-corrected chi connectivity index (χ0v) is 9.52. The molecule has 0 saturated heterocycles. The van der Waals surface area contributed by atoms with Gasteiger partial charge in [-0.15, -0.1) is 10.2 Å². The molecule has 0 radical (unpaired) electrons. The van der Waals surface area contributed by atoms with Gasteiger partial charge in [0.05, 0.1) is 7.11 Å². The van der Waals surface area contributed by atoms with E-state index in [1.54, 1.807) is 0 Å². The van der Waals surface area contributed by atoms with E-state index in [9.17, 15) is 4.79 Å². The monoisotopic (exact) mass is 233 g/mol. The molecule has 0 spiro atoms. The van der Waals surface area contributed by atoms with E-state index in [2.05, 4.69) is 14.9 Å². The van der Waals surface area contributed by atoms with Crippen LogP contribution in [0.4, 0.5) is 5.13 Å². The first kappa shape index (κ1) is 11.3. The number of nitrogens with zero attached hydrogens (tertiary/aromatic N) is 2. The lowest BCUT2D eigenvalue weighted by Crippen LogP contribution is -2.17. The molecular formula is C7H11N3O2S2. The van der Waals surface area contributed by atoms with Crippen LogP contribution in [-0.4, -0.2) is 28.5 Å². The van der Waals surface area contributed by atoms with Crippen LogP contribution < -0.4 is 5.73 Å². The summed E-state index contributed by atoms with van der Waals surface area (Å²) < 4.78 is 5.34. The Kier molecular flexibility index (Phi) is 4.15. The zero-order valence-electron chi connectivity index (χ0n) is 7.89. The zero-order chi connectivity index (χ0) is 10.6. The molecule has 0 fully saturated rings. The molecule has 1 aromatic heterocycles. The summed E-state index contributed by atoms with van der Waals surface area (Å²) in [6.07, 6.45) is 0.691. The first-order chi connectivity index (χ1) is 6.67. The lowest BCUT2D eigenvalue weighted by Gasteiger charge is -2.08. The van der Waals surface area contributed by atoms with Gasteiger partial charge in [0.15, 0.2) is 4.34 Å². The number of thioether (sulfide) groups is 1. The highest BCUT2D eigenvalue weighted by Gasteiger charge is 2.20. The molecule has 1 heterocycles. The molecule has 0 amide bonds. The molecule has 1 unspecified atom stereocenters. The van der Waals surface area contributed by atoms with Crippen molar-refractivity contribution in [1.82, 2.24) is 10.2 Å². The maximum Gasteiger partial charge on any atom is 0.319 e. The fraction of sp³-hybridized carbons (Fsp3) is 0.571.